The van der Waals surface area contributed by atoms with E-state index in [-0.39, 0.29) is 5.91 Å². The first kappa shape index (κ1) is 18.4. The number of anilines is 4. The summed E-state index contributed by atoms with van der Waals surface area (Å²) < 4.78 is 0.798. The van der Waals surface area contributed by atoms with Gasteiger partial charge in [-0.15, -0.1) is 0 Å². The Hall–Kier alpha value is -2.93. The molecule has 0 fully saturated rings. The van der Waals surface area contributed by atoms with Crippen LogP contribution in [0.25, 0.3) is 0 Å². The molecular formula is C21H20BrN5O. The minimum absolute atomic E-state index is 0.0185. The maximum Gasteiger partial charge on any atom is 0.229 e. The maximum atomic E-state index is 11.5. The molecule has 6 nitrogen and oxygen atoms in total. The van der Waals surface area contributed by atoms with Crippen molar-refractivity contribution in [1.82, 2.24) is 9.97 Å². The van der Waals surface area contributed by atoms with Gasteiger partial charge in [-0.1, -0.05) is 18.2 Å². The summed E-state index contributed by atoms with van der Waals surface area (Å²) in [6, 6.07) is 12.0. The Morgan fingerprint density at radius 1 is 1.21 bits per heavy atom. The van der Waals surface area contributed by atoms with Crippen LogP contribution >= 0.6 is 15.9 Å². The molecule has 0 saturated carbocycles. The second-order valence-electron chi connectivity index (χ2n) is 6.82. The summed E-state index contributed by atoms with van der Waals surface area (Å²) in [4.78, 5) is 20.4. The van der Waals surface area contributed by atoms with Gasteiger partial charge in [-0.05, 0) is 70.2 Å². The van der Waals surface area contributed by atoms with Crippen molar-refractivity contribution < 1.29 is 4.79 Å². The molecule has 142 valence electrons. The Balaban J connectivity index is 1.50. The first-order valence-corrected chi connectivity index (χ1v) is 9.80. The molecular weight excluding hydrogens is 418 g/mol. The molecule has 1 aromatic heterocycles. The lowest BCUT2D eigenvalue weighted by Gasteiger charge is -2.13. The lowest BCUT2D eigenvalue weighted by atomic mass is 10.0. The Morgan fingerprint density at radius 3 is 2.93 bits per heavy atom. The van der Waals surface area contributed by atoms with Crippen molar-refractivity contribution in [2.24, 2.45) is 0 Å². The van der Waals surface area contributed by atoms with Crippen LogP contribution in [0, 0.1) is 13.8 Å². The average molecular weight is 438 g/mol. The van der Waals surface area contributed by atoms with Crippen LogP contribution in [-0.2, 0) is 17.8 Å². The number of rotatable bonds is 5. The van der Waals surface area contributed by atoms with Crippen molar-refractivity contribution in [2.45, 2.75) is 26.8 Å². The van der Waals surface area contributed by atoms with E-state index < -0.39 is 0 Å². The molecule has 0 spiro atoms. The fourth-order valence-corrected chi connectivity index (χ4v) is 3.50. The zero-order valence-electron chi connectivity index (χ0n) is 15.6. The van der Waals surface area contributed by atoms with E-state index in [2.05, 4.69) is 73.9 Å². The van der Waals surface area contributed by atoms with Gasteiger partial charge in [0, 0.05) is 24.1 Å². The Labute approximate surface area is 171 Å². The summed E-state index contributed by atoms with van der Waals surface area (Å²) in [5, 5.41) is 9.42. The highest BCUT2D eigenvalue weighted by atomic mass is 79.9. The van der Waals surface area contributed by atoms with Gasteiger partial charge in [-0.25, -0.2) is 4.98 Å². The summed E-state index contributed by atoms with van der Waals surface area (Å²) >= 11 is 3.51. The number of fused-ring (bicyclic) bond motifs is 1. The van der Waals surface area contributed by atoms with E-state index in [1.54, 1.807) is 6.20 Å². The zero-order chi connectivity index (χ0) is 19.7. The summed E-state index contributed by atoms with van der Waals surface area (Å²) in [5.74, 6) is 1.23. The van der Waals surface area contributed by atoms with Crippen LogP contribution in [0.4, 0.5) is 23.1 Å². The molecule has 0 radical (unpaired) electrons. The molecule has 0 unspecified atom stereocenters. The predicted molar refractivity (Wildman–Crippen MR) is 115 cm³/mol. The van der Waals surface area contributed by atoms with Crippen molar-refractivity contribution >= 4 is 45.0 Å². The molecule has 3 N–H and O–H groups in total. The number of aromatic nitrogens is 2. The monoisotopic (exact) mass is 437 g/mol. The van der Waals surface area contributed by atoms with Crippen molar-refractivity contribution in [1.29, 1.82) is 0 Å². The zero-order valence-corrected chi connectivity index (χ0v) is 17.2. The molecule has 1 aliphatic rings. The highest BCUT2D eigenvalue weighted by Crippen LogP contribution is 2.28. The molecule has 3 aromatic rings. The molecule has 0 saturated heterocycles. The number of nitrogens with zero attached hydrogens (tertiary/aromatic N) is 2. The summed E-state index contributed by atoms with van der Waals surface area (Å²) in [7, 11) is 0. The molecule has 0 bridgehead atoms. The van der Waals surface area contributed by atoms with Gasteiger partial charge in [0.05, 0.1) is 10.9 Å². The highest BCUT2D eigenvalue weighted by molar-refractivity contribution is 9.10. The SMILES string of the molecule is Cc1cccc(CNc2nc(Nc3ccc4c(c3)CC(=O)N4)ncc2Br)c1C. The Kier molecular flexibility index (Phi) is 5.00. The number of nitrogens with one attached hydrogen (secondary N) is 3. The number of carbonyl (C=O) groups excluding carboxylic acids is 1. The highest BCUT2D eigenvalue weighted by Gasteiger charge is 2.17. The van der Waals surface area contributed by atoms with Gasteiger partial charge in [-0.3, -0.25) is 4.79 Å². The van der Waals surface area contributed by atoms with Crippen LogP contribution in [0.2, 0.25) is 0 Å². The topological polar surface area (TPSA) is 78.9 Å². The van der Waals surface area contributed by atoms with Crippen molar-refractivity contribution in [2.75, 3.05) is 16.0 Å². The van der Waals surface area contributed by atoms with Gasteiger partial charge >= 0.3 is 0 Å². The molecule has 7 heteroatoms. The van der Waals surface area contributed by atoms with E-state index in [0.717, 1.165) is 27.2 Å². The third kappa shape index (κ3) is 3.84. The Bertz CT molecular complexity index is 1070. The normalized spacial score (nSPS) is 12.5. The van der Waals surface area contributed by atoms with E-state index in [4.69, 9.17) is 0 Å². The van der Waals surface area contributed by atoms with E-state index in [1.165, 1.54) is 16.7 Å². The van der Waals surface area contributed by atoms with Crippen LogP contribution in [0.3, 0.4) is 0 Å². The van der Waals surface area contributed by atoms with Gasteiger partial charge in [0.15, 0.2) is 0 Å². The number of benzene rings is 2. The number of aryl methyl sites for hydroxylation is 1. The van der Waals surface area contributed by atoms with Gasteiger partial charge in [0.25, 0.3) is 0 Å². The van der Waals surface area contributed by atoms with E-state index in [9.17, 15) is 4.79 Å². The van der Waals surface area contributed by atoms with Crippen LogP contribution in [0.15, 0.2) is 47.1 Å². The maximum absolute atomic E-state index is 11.5. The number of halogens is 1. The van der Waals surface area contributed by atoms with Crippen LogP contribution in [0.5, 0.6) is 0 Å². The van der Waals surface area contributed by atoms with E-state index >= 15 is 0 Å². The molecule has 0 atom stereocenters. The number of hydrogen-bond donors (Lipinski definition) is 3. The third-order valence-electron chi connectivity index (χ3n) is 4.89. The van der Waals surface area contributed by atoms with Gasteiger partial charge in [0.2, 0.25) is 11.9 Å². The fourth-order valence-electron chi connectivity index (χ4n) is 3.17. The van der Waals surface area contributed by atoms with Crippen LogP contribution in [-0.4, -0.2) is 15.9 Å². The average Bonchev–Trinajstić information content (AvgIpc) is 3.04. The lowest BCUT2D eigenvalue weighted by Crippen LogP contribution is -2.06. The molecule has 4 rings (SSSR count). The molecule has 1 amide bonds. The van der Waals surface area contributed by atoms with Crippen molar-refractivity contribution in [3.63, 3.8) is 0 Å². The first-order chi connectivity index (χ1) is 13.5. The summed E-state index contributed by atoms with van der Waals surface area (Å²) in [6.45, 7) is 4.91. The first-order valence-electron chi connectivity index (χ1n) is 9.01. The second-order valence-corrected chi connectivity index (χ2v) is 7.68. The molecule has 1 aliphatic heterocycles. The number of carbonyl (C=O) groups is 1. The molecule has 2 heterocycles. The summed E-state index contributed by atoms with van der Waals surface area (Å²) in [6.07, 6.45) is 2.12. The summed E-state index contributed by atoms with van der Waals surface area (Å²) in [5.41, 5.74) is 6.46. The van der Waals surface area contributed by atoms with Crippen molar-refractivity contribution in [3.8, 4) is 0 Å². The fraction of sp³-hybridized carbons (Fsp3) is 0.190. The van der Waals surface area contributed by atoms with Gasteiger partial charge in [0.1, 0.15) is 5.82 Å². The van der Waals surface area contributed by atoms with Crippen LogP contribution < -0.4 is 16.0 Å². The molecule has 28 heavy (non-hydrogen) atoms. The largest absolute Gasteiger partial charge is 0.365 e. The Morgan fingerprint density at radius 2 is 2.07 bits per heavy atom. The third-order valence-corrected chi connectivity index (χ3v) is 5.47. The lowest BCUT2D eigenvalue weighted by molar-refractivity contribution is -0.115. The van der Waals surface area contributed by atoms with Gasteiger partial charge < -0.3 is 16.0 Å². The minimum Gasteiger partial charge on any atom is -0.365 e. The predicted octanol–water partition coefficient (Wildman–Crippen LogP) is 4.71. The van der Waals surface area contributed by atoms with Gasteiger partial charge in [-0.2, -0.15) is 4.98 Å². The van der Waals surface area contributed by atoms with E-state index in [0.29, 0.717) is 18.9 Å². The standard InChI is InChI=1S/C21H20BrN5O/c1-12-4-3-5-14(13(12)2)10-23-20-17(22)11-24-21(27-20)25-16-6-7-18-15(8-16)9-19(28)26-18/h3-8,11H,9-10H2,1-2H3,(H,26,28)(H2,23,24,25,27). The number of amides is 1. The van der Waals surface area contributed by atoms with E-state index in [1.807, 2.05) is 18.2 Å². The second kappa shape index (κ2) is 7.59. The van der Waals surface area contributed by atoms with Crippen molar-refractivity contribution in [3.05, 3.63) is 69.3 Å². The minimum atomic E-state index is 0.0185. The molecule has 0 aliphatic carbocycles. The quantitative estimate of drug-likeness (QED) is 0.538. The smallest absolute Gasteiger partial charge is 0.229 e. The van der Waals surface area contributed by atoms with Crippen LogP contribution in [0.1, 0.15) is 22.3 Å². The number of hydrogen-bond acceptors (Lipinski definition) is 5. The molecule has 2 aromatic carbocycles.